The highest BCUT2D eigenvalue weighted by atomic mass is 16.3. The molecule has 3 rings (SSSR count). The van der Waals surface area contributed by atoms with Gasteiger partial charge in [-0.2, -0.15) is 0 Å². The Kier molecular flexibility index (Phi) is 4.94. The fourth-order valence-electron chi connectivity index (χ4n) is 3.27. The second-order valence-electron chi connectivity index (χ2n) is 6.36. The van der Waals surface area contributed by atoms with Gasteiger partial charge in [0.1, 0.15) is 0 Å². The molecule has 1 saturated heterocycles. The number of carbonyl (C=O) groups excluding carboxylic acids is 1. The number of likely N-dealkylation sites (tertiary alicyclic amines) is 1. The van der Waals surface area contributed by atoms with Crippen molar-refractivity contribution in [1.29, 1.82) is 0 Å². The summed E-state index contributed by atoms with van der Waals surface area (Å²) in [5.41, 5.74) is 1.14. The molecule has 0 radical (unpaired) electrons. The first-order valence-electron chi connectivity index (χ1n) is 8.31. The fraction of sp³-hybridized carbons (Fsp3) is 0.421. The van der Waals surface area contributed by atoms with Gasteiger partial charge in [0.05, 0.1) is 18.7 Å². The standard InChI is InChI=1S/C19H24N2O2/c1-14(17-8-4-6-15-5-2-3-7-18(15)17)20-19(23)13-21-11-9-16(22)10-12-21/h2-8,14,16,22H,9-13H2,1H3,(H,20,23). The van der Waals surface area contributed by atoms with E-state index in [-0.39, 0.29) is 18.1 Å². The van der Waals surface area contributed by atoms with Gasteiger partial charge in [-0.3, -0.25) is 9.69 Å². The number of nitrogens with one attached hydrogen (secondary N) is 1. The summed E-state index contributed by atoms with van der Waals surface area (Å²) in [5.74, 6) is 0.0434. The highest BCUT2D eigenvalue weighted by molar-refractivity contribution is 5.87. The number of aliphatic hydroxyl groups is 1. The molecule has 2 N–H and O–H groups in total. The van der Waals surface area contributed by atoms with Crippen LogP contribution in [0.2, 0.25) is 0 Å². The molecule has 122 valence electrons. The second kappa shape index (κ2) is 7.11. The lowest BCUT2D eigenvalue weighted by atomic mass is 9.99. The molecule has 1 fully saturated rings. The molecule has 23 heavy (non-hydrogen) atoms. The van der Waals surface area contributed by atoms with Crippen LogP contribution in [0.4, 0.5) is 0 Å². The van der Waals surface area contributed by atoms with Gasteiger partial charge < -0.3 is 10.4 Å². The Labute approximate surface area is 137 Å². The lowest BCUT2D eigenvalue weighted by Crippen LogP contribution is -2.43. The van der Waals surface area contributed by atoms with Crippen LogP contribution in [0.3, 0.4) is 0 Å². The molecule has 0 aromatic heterocycles. The van der Waals surface area contributed by atoms with Crippen LogP contribution in [0, 0.1) is 0 Å². The number of hydrogen-bond acceptors (Lipinski definition) is 3. The van der Waals surface area contributed by atoms with Crippen LogP contribution in [0.5, 0.6) is 0 Å². The van der Waals surface area contributed by atoms with E-state index in [1.165, 1.54) is 10.8 Å². The second-order valence-corrected chi connectivity index (χ2v) is 6.36. The maximum absolute atomic E-state index is 12.3. The Morgan fingerprint density at radius 2 is 1.91 bits per heavy atom. The third-order valence-corrected chi connectivity index (χ3v) is 4.59. The average Bonchev–Trinajstić information content (AvgIpc) is 2.56. The molecule has 4 heteroatoms. The van der Waals surface area contributed by atoms with E-state index in [4.69, 9.17) is 0 Å². The number of hydrogen-bond donors (Lipinski definition) is 2. The summed E-state index contributed by atoms with van der Waals surface area (Å²) in [7, 11) is 0. The van der Waals surface area contributed by atoms with Crippen molar-refractivity contribution in [3.8, 4) is 0 Å². The van der Waals surface area contributed by atoms with Crippen LogP contribution in [0.15, 0.2) is 42.5 Å². The number of rotatable bonds is 4. The smallest absolute Gasteiger partial charge is 0.234 e. The first-order valence-corrected chi connectivity index (χ1v) is 8.31. The molecule has 0 saturated carbocycles. The summed E-state index contributed by atoms with van der Waals surface area (Å²) in [4.78, 5) is 14.4. The van der Waals surface area contributed by atoms with Crippen LogP contribution >= 0.6 is 0 Å². The Hall–Kier alpha value is -1.91. The Balaban J connectivity index is 1.64. The maximum atomic E-state index is 12.3. The number of piperidine rings is 1. The van der Waals surface area contributed by atoms with Crippen LogP contribution < -0.4 is 5.32 Å². The minimum absolute atomic E-state index is 0.0241. The number of amides is 1. The van der Waals surface area contributed by atoms with E-state index in [0.29, 0.717) is 6.54 Å². The van der Waals surface area contributed by atoms with Crippen LogP contribution in [0.25, 0.3) is 10.8 Å². The maximum Gasteiger partial charge on any atom is 0.234 e. The summed E-state index contributed by atoms with van der Waals surface area (Å²) >= 11 is 0. The van der Waals surface area contributed by atoms with Crippen LogP contribution in [-0.2, 0) is 4.79 Å². The number of benzene rings is 2. The largest absolute Gasteiger partial charge is 0.393 e. The molecule has 0 aliphatic carbocycles. The number of carbonyl (C=O) groups is 1. The van der Waals surface area contributed by atoms with E-state index in [2.05, 4.69) is 34.5 Å². The molecule has 1 atom stereocenters. The Morgan fingerprint density at radius 3 is 2.70 bits per heavy atom. The van der Waals surface area contributed by atoms with Crippen molar-refractivity contribution in [2.75, 3.05) is 19.6 Å². The predicted molar refractivity (Wildman–Crippen MR) is 92.2 cm³/mol. The highest BCUT2D eigenvalue weighted by Gasteiger charge is 2.20. The highest BCUT2D eigenvalue weighted by Crippen LogP contribution is 2.24. The minimum Gasteiger partial charge on any atom is -0.393 e. The van der Waals surface area contributed by atoms with E-state index in [0.717, 1.165) is 31.5 Å². The van der Waals surface area contributed by atoms with Gasteiger partial charge in [-0.1, -0.05) is 42.5 Å². The molecule has 4 nitrogen and oxygen atoms in total. The zero-order valence-electron chi connectivity index (χ0n) is 13.5. The number of aliphatic hydroxyl groups excluding tert-OH is 1. The lowest BCUT2D eigenvalue weighted by Gasteiger charge is -2.29. The van der Waals surface area contributed by atoms with Crippen molar-refractivity contribution < 1.29 is 9.90 Å². The van der Waals surface area contributed by atoms with E-state index in [1.54, 1.807) is 0 Å². The van der Waals surface area contributed by atoms with Gasteiger partial charge in [0.2, 0.25) is 5.91 Å². The van der Waals surface area contributed by atoms with Crippen molar-refractivity contribution in [2.45, 2.75) is 31.9 Å². The van der Waals surface area contributed by atoms with Gasteiger partial charge in [0.15, 0.2) is 0 Å². The molecular weight excluding hydrogens is 288 g/mol. The third kappa shape index (κ3) is 3.89. The fourth-order valence-corrected chi connectivity index (χ4v) is 3.27. The SMILES string of the molecule is CC(NC(=O)CN1CCC(O)CC1)c1cccc2ccccc12. The van der Waals surface area contributed by atoms with Gasteiger partial charge in [-0.05, 0) is 36.1 Å². The van der Waals surface area contributed by atoms with E-state index >= 15 is 0 Å². The third-order valence-electron chi connectivity index (χ3n) is 4.59. The van der Waals surface area contributed by atoms with E-state index < -0.39 is 0 Å². The zero-order chi connectivity index (χ0) is 16.2. The predicted octanol–water partition coefficient (Wildman–Crippen LogP) is 2.47. The molecule has 2 aromatic rings. The lowest BCUT2D eigenvalue weighted by molar-refractivity contribution is -0.123. The minimum atomic E-state index is -0.205. The van der Waals surface area contributed by atoms with Crippen molar-refractivity contribution in [3.05, 3.63) is 48.0 Å². The van der Waals surface area contributed by atoms with Gasteiger partial charge in [-0.25, -0.2) is 0 Å². The molecule has 1 aliphatic rings. The Bertz CT molecular complexity index is 673. The summed E-state index contributed by atoms with van der Waals surface area (Å²) in [6.45, 7) is 4.01. The molecule has 1 unspecified atom stereocenters. The number of nitrogens with zero attached hydrogens (tertiary/aromatic N) is 1. The van der Waals surface area contributed by atoms with Gasteiger partial charge in [0, 0.05) is 13.1 Å². The van der Waals surface area contributed by atoms with Crippen LogP contribution in [0.1, 0.15) is 31.4 Å². The summed E-state index contributed by atoms with van der Waals surface area (Å²) in [6.07, 6.45) is 1.31. The number of fused-ring (bicyclic) bond motifs is 1. The van der Waals surface area contributed by atoms with Crippen molar-refractivity contribution in [2.24, 2.45) is 0 Å². The van der Waals surface area contributed by atoms with E-state index in [9.17, 15) is 9.90 Å². The molecular formula is C19H24N2O2. The topological polar surface area (TPSA) is 52.6 Å². The first kappa shape index (κ1) is 16.0. The monoisotopic (exact) mass is 312 g/mol. The van der Waals surface area contributed by atoms with Crippen molar-refractivity contribution >= 4 is 16.7 Å². The molecule has 2 aromatic carbocycles. The molecule has 1 heterocycles. The van der Waals surface area contributed by atoms with Crippen molar-refractivity contribution in [1.82, 2.24) is 10.2 Å². The molecule has 1 aliphatic heterocycles. The van der Waals surface area contributed by atoms with Crippen LogP contribution in [-0.4, -0.2) is 41.7 Å². The average molecular weight is 312 g/mol. The van der Waals surface area contributed by atoms with E-state index in [1.807, 2.05) is 25.1 Å². The summed E-state index contributed by atoms with van der Waals surface area (Å²) in [6, 6.07) is 14.4. The quantitative estimate of drug-likeness (QED) is 0.912. The van der Waals surface area contributed by atoms with Crippen molar-refractivity contribution in [3.63, 3.8) is 0 Å². The normalized spacial score (nSPS) is 18.0. The molecule has 0 bridgehead atoms. The van der Waals surface area contributed by atoms with Gasteiger partial charge in [-0.15, -0.1) is 0 Å². The zero-order valence-corrected chi connectivity index (χ0v) is 13.5. The molecule has 0 spiro atoms. The first-order chi connectivity index (χ1) is 11.1. The molecule has 1 amide bonds. The Morgan fingerprint density at radius 1 is 1.22 bits per heavy atom. The summed E-state index contributed by atoms with van der Waals surface area (Å²) < 4.78 is 0. The van der Waals surface area contributed by atoms with Gasteiger partial charge in [0.25, 0.3) is 0 Å². The van der Waals surface area contributed by atoms with Gasteiger partial charge >= 0.3 is 0 Å². The summed E-state index contributed by atoms with van der Waals surface area (Å²) in [5, 5.41) is 15.0.